The number of rotatable bonds is 0. The van der Waals surface area contributed by atoms with Crippen molar-refractivity contribution in [1.82, 2.24) is 0 Å². The number of fused-ring (bicyclic) bond motifs is 4. The van der Waals surface area contributed by atoms with Gasteiger partial charge in [-0.15, -0.1) is 11.3 Å². The fourth-order valence-electron chi connectivity index (χ4n) is 2.74. The van der Waals surface area contributed by atoms with Gasteiger partial charge in [-0.1, -0.05) is 24.3 Å². The Morgan fingerprint density at radius 2 is 1.83 bits per heavy atom. The summed E-state index contributed by atoms with van der Waals surface area (Å²) in [7, 11) is 0. The predicted octanol–water partition coefficient (Wildman–Crippen LogP) is 4.04. The summed E-state index contributed by atoms with van der Waals surface area (Å²) in [4.78, 5) is 12.5. The van der Waals surface area contributed by atoms with E-state index in [0.717, 1.165) is 23.1 Å². The van der Waals surface area contributed by atoms with Gasteiger partial charge in [-0.05, 0) is 46.5 Å². The first-order valence-corrected chi connectivity index (χ1v) is 6.84. The van der Waals surface area contributed by atoms with Crippen LogP contribution in [-0.2, 0) is 6.42 Å². The van der Waals surface area contributed by atoms with E-state index in [0.29, 0.717) is 0 Å². The Balaban J connectivity index is 2.06. The van der Waals surface area contributed by atoms with Crippen LogP contribution in [0.15, 0.2) is 47.8 Å². The monoisotopic (exact) mass is 250 g/mol. The Morgan fingerprint density at radius 1 is 0.944 bits per heavy atom. The molecule has 2 heteroatoms. The smallest absolute Gasteiger partial charge is 0.193 e. The van der Waals surface area contributed by atoms with Gasteiger partial charge < -0.3 is 0 Å². The van der Waals surface area contributed by atoms with Gasteiger partial charge in [0.15, 0.2) is 5.78 Å². The van der Waals surface area contributed by atoms with E-state index in [9.17, 15) is 4.79 Å². The first kappa shape index (κ1) is 10.0. The van der Waals surface area contributed by atoms with Crippen LogP contribution in [0.1, 0.15) is 27.0 Å². The molecular weight excluding hydrogens is 240 g/mol. The van der Waals surface area contributed by atoms with Crippen molar-refractivity contribution in [2.24, 2.45) is 0 Å². The van der Waals surface area contributed by atoms with E-state index in [4.69, 9.17) is 0 Å². The first-order chi connectivity index (χ1) is 8.84. The Kier molecular flexibility index (Phi) is 1.97. The lowest BCUT2D eigenvalue weighted by Crippen LogP contribution is -2.14. The molecule has 1 aliphatic rings. The fraction of sp³-hybridized carbons (Fsp3) is 0.0625. The van der Waals surface area contributed by atoms with Gasteiger partial charge in [0.25, 0.3) is 0 Å². The van der Waals surface area contributed by atoms with Crippen LogP contribution in [0.2, 0.25) is 0 Å². The maximum absolute atomic E-state index is 12.5. The summed E-state index contributed by atoms with van der Waals surface area (Å²) in [6, 6.07) is 14.1. The number of carbonyl (C=O) groups is 1. The number of carbonyl (C=O) groups excluding carboxylic acids is 1. The van der Waals surface area contributed by atoms with Crippen LogP contribution in [0.3, 0.4) is 0 Å². The lowest BCUT2D eigenvalue weighted by atomic mass is 9.84. The minimum absolute atomic E-state index is 0.167. The molecule has 1 aliphatic carbocycles. The summed E-state index contributed by atoms with van der Waals surface area (Å²) in [5, 5.41) is 3.33. The standard InChI is InChI=1S/C16H10OS/c17-16-11-4-2-1-3-10(11)9-14-12-7-8-18-15(12)6-5-13(14)16/h1-8H,9H2. The van der Waals surface area contributed by atoms with Crippen molar-refractivity contribution in [2.75, 3.05) is 0 Å². The Morgan fingerprint density at radius 3 is 2.78 bits per heavy atom. The molecule has 0 bridgehead atoms. The molecule has 4 rings (SSSR count). The normalized spacial score (nSPS) is 13.4. The van der Waals surface area contributed by atoms with Crippen LogP contribution >= 0.6 is 11.3 Å². The van der Waals surface area contributed by atoms with E-state index < -0.39 is 0 Å². The molecule has 18 heavy (non-hydrogen) atoms. The Hall–Kier alpha value is -1.93. The zero-order valence-corrected chi connectivity index (χ0v) is 10.5. The fourth-order valence-corrected chi connectivity index (χ4v) is 3.55. The van der Waals surface area contributed by atoms with E-state index in [1.807, 2.05) is 24.3 Å². The molecule has 3 aromatic rings. The highest BCUT2D eigenvalue weighted by atomic mass is 32.1. The van der Waals surface area contributed by atoms with Crippen LogP contribution in [0.25, 0.3) is 10.1 Å². The third kappa shape index (κ3) is 1.24. The van der Waals surface area contributed by atoms with Gasteiger partial charge in [-0.3, -0.25) is 4.79 Å². The number of hydrogen-bond donors (Lipinski definition) is 0. The molecule has 0 spiro atoms. The van der Waals surface area contributed by atoms with E-state index in [1.54, 1.807) is 11.3 Å². The SMILES string of the molecule is O=C1c2ccccc2Cc2c1ccc1sccc21. The van der Waals surface area contributed by atoms with E-state index >= 15 is 0 Å². The van der Waals surface area contributed by atoms with Gasteiger partial charge in [0.2, 0.25) is 0 Å². The molecule has 1 aromatic heterocycles. The third-order valence-electron chi connectivity index (χ3n) is 3.62. The average Bonchev–Trinajstić information content (AvgIpc) is 2.88. The molecule has 0 N–H and O–H groups in total. The van der Waals surface area contributed by atoms with Crippen molar-refractivity contribution in [3.8, 4) is 0 Å². The van der Waals surface area contributed by atoms with Gasteiger partial charge in [0.1, 0.15) is 0 Å². The molecule has 0 saturated carbocycles. The minimum Gasteiger partial charge on any atom is -0.289 e. The molecule has 1 heterocycles. The van der Waals surface area contributed by atoms with Crippen molar-refractivity contribution < 1.29 is 4.79 Å². The maximum Gasteiger partial charge on any atom is 0.193 e. The molecule has 2 aromatic carbocycles. The summed E-state index contributed by atoms with van der Waals surface area (Å²) in [5.74, 6) is 0.167. The van der Waals surface area contributed by atoms with Gasteiger partial charge in [-0.25, -0.2) is 0 Å². The Bertz CT molecular complexity index is 783. The van der Waals surface area contributed by atoms with Gasteiger partial charge in [0, 0.05) is 15.8 Å². The lowest BCUT2D eigenvalue weighted by molar-refractivity contribution is 0.103. The second kappa shape index (κ2) is 3.53. The summed E-state index contributed by atoms with van der Waals surface area (Å²) in [5.41, 5.74) is 4.07. The molecule has 0 atom stereocenters. The van der Waals surface area contributed by atoms with Gasteiger partial charge in [-0.2, -0.15) is 0 Å². The number of ketones is 1. The zero-order chi connectivity index (χ0) is 12.1. The van der Waals surface area contributed by atoms with Crippen molar-refractivity contribution in [3.05, 3.63) is 70.1 Å². The van der Waals surface area contributed by atoms with Crippen molar-refractivity contribution >= 4 is 27.2 Å². The van der Waals surface area contributed by atoms with Crippen LogP contribution in [0.5, 0.6) is 0 Å². The van der Waals surface area contributed by atoms with Crippen molar-refractivity contribution in [3.63, 3.8) is 0 Å². The van der Waals surface area contributed by atoms with Crippen LogP contribution in [-0.4, -0.2) is 5.78 Å². The lowest BCUT2D eigenvalue weighted by Gasteiger charge is -2.19. The second-order valence-corrected chi connectivity index (χ2v) is 5.53. The third-order valence-corrected chi connectivity index (χ3v) is 4.50. The topological polar surface area (TPSA) is 17.1 Å². The van der Waals surface area contributed by atoms with E-state index in [2.05, 4.69) is 23.6 Å². The number of benzene rings is 2. The highest BCUT2D eigenvalue weighted by molar-refractivity contribution is 7.17. The number of thiophene rings is 1. The minimum atomic E-state index is 0.167. The first-order valence-electron chi connectivity index (χ1n) is 5.96. The summed E-state index contributed by atoms with van der Waals surface area (Å²) >= 11 is 1.73. The summed E-state index contributed by atoms with van der Waals surface area (Å²) in [6.07, 6.45) is 0.866. The highest BCUT2D eigenvalue weighted by Crippen LogP contribution is 2.34. The van der Waals surface area contributed by atoms with E-state index in [-0.39, 0.29) is 5.78 Å². The largest absolute Gasteiger partial charge is 0.289 e. The maximum atomic E-state index is 12.5. The van der Waals surface area contributed by atoms with Crippen LogP contribution < -0.4 is 0 Å². The predicted molar refractivity (Wildman–Crippen MR) is 74.5 cm³/mol. The molecule has 0 fully saturated rings. The molecular formula is C16H10OS. The number of hydrogen-bond acceptors (Lipinski definition) is 2. The van der Waals surface area contributed by atoms with Crippen LogP contribution in [0, 0.1) is 0 Å². The zero-order valence-electron chi connectivity index (χ0n) is 9.64. The molecule has 86 valence electrons. The quantitative estimate of drug-likeness (QED) is 0.460. The molecule has 0 aliphatic heterocycles. The average molecular weight is 250 g/mol. The summed E-state index contributed by atoms with van der Waals surface area (Å²) in [6.45, 7) is 0. The van der Waals surface area contributed by atoms with Gasteiger partial charge in [0.05, 0.1) is 0 Å². The molecule has 0 saturated heterocycles. The molecule has 0 radical (unpaired) electrons. The molecule has 0 unspecified atom stereocenters. The summed E-state index contributed by atoms with van der Waals surface area (Å²) < 4.78 is 1.26. The van der Waals surface area contributed by atoms with E-state index in [1.165, 1.54) is 15.6 Å². The highest BCUT2D eigenvalue weighted by Gasteiger charge is 2.24. The van der Waals surface area contributed by atoms with Crippen molar-refractivity contribution in [2.45, 2.75) is 6.42 Å². The van der Waals surface area contributed by atoms with Crippen molar-refractivity contribution in [1.29, 1.82) is 0 Å². The second-order valence-electron chi connectivity index (χ2n) is 4.59. The molecule has 0 amide bonds. The Labute approximate surface area is 109 Å². The molecule has 1 nitrogen and oxygen atoms in total. The van der Waals surface area contributed by atoms with Gasteiger partial charge >= 0.3 is 0 Å². The van der Waals surface area contributed by atoms with Crippen LogP contribution in [0.4, 0.5) is 0 Å².